The van der Waals surface area contributed by atoms with Gasteiger partial charge in [0, 0.05) is 12.1 Å². The van der Waals surface area contributed by atoms with Gasteiger partial charge in [0.25, 0.3) is 4.92 Å². The van der Waals surface area contributed by atoms with Crippen LogP contribution in [0.1, 0.15) is 0 Å². The van der Waals surface area contributed by atoms with Gasteiger partial charge >= 0.3 is 5.69 Å². The van der Waals surface area contributed by atoms with Gasteiger partial charge in [0.15, 0.2) is 7.11 Å². The molecule has 0 N–H and O–H groups in total. The second kappa shape index (κ2) is 4.45. The quantitative estimate of drug-likeness (QED) is 0.422. The van der Waals surface area contributed by atoms with E-state index < -0.39 is 0 Å². The molecule has 1 rings (SSSR count). The Bertz CT molecular complexity index is 355. The highest BCUT2D eigenvalue weighted by Crippen LogP contribution is 2.17. The number of isothiocyanates is 1. The highest BCUT2D eigenvalue weighted by Gasteiger charge is 2.12. The van der Waals surface area contributed by atoms with Crippen molar-refractivity contribution in [1.82, 2.24) is 0 Å². The van der Waals surface area contributed by atoms with Crippen molar-refractivity contribution in [3.05, 3.63) is 29.2 Å². The summed E-state index contributed by atoms with van der Waals surface area (Å²) in [7, 11) is 1.30. The monoisotopic (exact) mass is 195 g/mol. The van der Waals surface area contributed by atoms with E-state index in [2.05, 4.69) is 27.2 Å². The number of hydrogen-bond donors (Lipinski definition) is 0. The standard InChI is InChI=1S/C8H7N2O2S/c1-12-10(11)8-4-2-7(3-5-8)9-6-13/h2-5H,1H3/q+1. The van der Waals surface area contributed by atoms with Crippen LogP contribution in [0.4, 0.5) is 11.4 Å². The topological polar surface area (TPSA) is 41.7 Å². The molecule has 0 aliphatic carbocycles. The van der Waals surface area contributed by atoms with Gasteiger partial charge in [0.1, 0.15) is 0 Å². The second-order valence-electron chi connectivity index (χ2n) is 2.16. The van der Waals surface area contributed by atoms with Gasteiger partial charge in [-0.25, -0.2) is 4.84 Å². The zero-order valence-corrected chi connectivity index (χ0v) is 7.75. The Balaban J connectivity index is 2.93. The third-order valence-electron chi connectivity index (χ3n) is 1.40. The first-order valence-electron chi connectivity index (χ1n) is 3.47. The van der Waals surface area contributed by atoms with Crippen LogP contribution in [0, 0.1) is 4.91 Å². The molecule has 0 bridgehead atoms. The van der Waals surface area contributed by atoms with Gasteiger partial charge in [-0.3, -0.25) is 0 Å². The molecule has 0 amide bonds. The zero-order valence-electron chi connectivity index (χ0n) is 6.93. The molecule has 0 aliphatic rings. The minimum Gasteiger partial charge on any atom is -0.230 e. The zero-order chi connectivity index (χ0) is 9.68. The van der Waals surface area contributed by atoms with Crippen LogP contribution in [-0.2, 0) is 4.84 Å². The molecule has 0 fully saturated rings. The van der Waals surface area contributed by atoms with Gasteiger partial charge < -0.3 is 0 Å². The molecule has 0 aliphatic heterocycles. The minimum absolute atomic E-state index is 0.408. The van der Waals surface area contributed by atoms with E-state index in [1.165, 1.54) is 7.11 Å². The molecular formula is C8H7N2O2S+. The van der Waals surface area contributed by atoms with E-state index in [9.17, 15) is 4.91 Å². The second-order valence-corrected chi connectivity index (χ2v) is 2.34. The molecule has 1 aromatic rings. The molecule has 66 valence electrons. The van der Waals surface area contributed by atoms with E-state index in [1.807, 2.05) is 0 Å². The van der Waals surface area contributed by atoms with Gasteiger partial charge in [-0.2, -0.15) is 4.99 Å². The average molecular weight is 195 g/mol. The summed E-state index contributed by atoms with van der Waals surface area (Å²) in [6, 6.07) is 6.47. The Morgan fingerprint density at radius 2 is 2.08 bits per heavy atom. The van der Waals surface area contributed by atoms with Crippen LogP contribution < -0.4 is 0 Å². The Morgan fingerprint density at radius 1 is 1.46 bits per heavy atom. The van der Waals surface area contributed by atoms with Crippen LogP contribution >= 0.6 is 12.2 Å². The molecular weight excluding hydrogens is 188 g/mol. The van der Waals surface area contributed by atoms with Gasteiger partial charge in [0.2, 0.25) is 0 Å². The first-order chi connectivity index (χ1) is 6.27. The Labute approximate surface area is 80.4 Å². The maximum Gasteiger partial charge on any atom is 0.316 e. The fourth-order valence-electron chi connectivity index (χ4n) is 0.807. The van der Waals surface area contributed by atoms with E-state index in [-0.39, 0.29) is 0 Å². The molecule has 0 saturated carbocycles. The largest absolute Gasteiger partial charge is 0.316 e. The van der Waals surface area contributed by atoms with Crippen molar-refractivity contribution in [3.63, 3.8) is 0 Å². The lowest BCUT2D eigenvalue weighted by Gasteiger charge is -1.89. The summed E-state index contributed by atoms with van der Waals surface area (Å²) in [5.74, 6) is 0. The maximum absolute atomic E-state index is 10.9. The molecule has 4 nitrogen and oxygen atoms in total. The van der Waals surface area contributed by atoms with Crippen molar-refractivity contribution in [2.75, 3.05) is 7.11 Å². The van der Waals surface area contributed by atoms with Crippen LogP contribution in [0.15, 0.2) is 29.3 Å². The van der Waals surface area contributed by atoms with Crippen LogP contribution in [-0.4, -0.2) is 17.2 Å². The van der Waals surface area contributed by atoms with Crippen LogP contribution in [0.25, 0.3) is 0 Å². The van der Waals surface area contributed by atoms with Crippen molar-refractivity contribution in [1.29, 1.82) is 0 Å². The minimum atomic E-state index is 0.408. The SMILES string of the molecule is CO[N+](=O)c1ccc(N=C=S)cc1. The summed E-state index contributed by atoms with van der Waals surface area (Å²) < 4.78 is 0. The normalized spacial score (nSPS) is 8.69. The summed E-state index contributed by atoms with van der Waals surface area (Å²) >= 11 is 4.43. The molecule has 0 heterocycles. The summed E-state index contributed by atoms with van der Waals surface area (Å²) in [5.41, 5.74) is 1.06. The number of thiocarbonyl (C=S) groups is 1. The van der Waals surface area contributed by atoms with E-state index >= 15 is 0 Å². The highest BCUT2D eigenvalue weighted by molar-refractivity contribution is 7.78. The molecule has 5 heteroatoms. The molecule has 13 heavy (non-hydrogen) atoms. The van der Waals surface area contributed by atoms with E-state index in [4.69, 9.17) is 0 Å². The number of aliphatic imine (C=N–C) groups is 1. The lowest BCUT2D eigenvalue weighted by molar-refractivity contribution is -0.736. The predicted molar refractivity (Wildman–Crippen MR) is 51.4 cm³/mol. The van der Waals surface area contributed by atoms with Crippen molar-refractivity contribution in [2.24, 2.45) is 4.99 Å². The number of hydrogen-bond acceptors (Lipinski definition) is 4. The predicted octanol–water partition coefficient (Wildman–Crippen LogP) is 2.39. The molecule has 0 radical (unpaired) electrons. The molecule has 0 spiro atoms. The Kier molecular flexibility index (Phi) is 3.25. The third kappa shape index (κ3) is 2.43. The summed E-state index contributed by atoms with van der Waals surface area (Å²) in [6.07, 6.45) is 0. The first-order valence-corrected chi connectivity index (χ1v) is 3.88. The molecule has 1 aromatic carbocycles. The van der Waals surface area contributed by atoms with Crippen molar-refractivity contribution < 1.29 is 9.76 Å². The lowest BCUT2D eigenvalue weighted by Crippen LogP contribution is -1.96. The van der Waals surface area contributed by atoms with Crippen LogP contribution in [0.3, 0.4) is 0 Å². The summed E-state index contributed by atoms with van der Waals surface area (Å²) in [5, 5.41) is 2.23. The fraction of sp³-hybridized carbons (Fsp3) is 0.125. The molecule has 0 saturated heterocycles. The molecule has 0 atom stereocenters. The fourth-order valence-corrected chi connectivity index (χ4v) is 0.912. The van der Waals surface area contributed by atoms with E-state index in [1.54, 1.807) is 24.3 Å². The highest BCUT2D eigenvalue weighted by atomic mass is 32.1. The lowest BCUT2D eigenvalue weighted by atomic mass is 10.3. The van der Waals surface area contributed by atoms with E-state index in [0.29, 0.717) is 16.3 Å². The van der Waals surface area contributed by atoms with Gasteiger partial charge in [-0.1, -0.05) is 0 Å². The van der Waals surface area contributed by atoms with Crippen LogP contribution in [0.2, 0.25) is 0 Å². The van der Waals surface area contributed by atoms with Crippen LogP contribution in [0.5, 0.6) is 0 Å². The average Bonchev–Trinajstić information content (AvgIpc) is 2.18. The van der Waals surface area contributed by atoms with Crippen molar-refractivity contribution >= 4 is 28.8 Å². The molecule has 0 unspecified atom stereocenters. The van der Waals surface area contributed by atoms with Crippen molar-refractivity contribution in [2.45, 2.75) is 0 Å². The third-order valence-corrected chi connectivity index (χ3v) is 1.49. The van der Waals surface area contributed by atoms with Gasteiger partial charge in [-0.15, -0.1) is 0 Å². The number of benzene rings is 1. The summed E-state index contributed by atoms with van der Waals surface area (Å²) in [6.45, 7) is 0. The van der Waals surface area contributed by atoms with Gasteiger partial charge in [-0.05, 0) is 24.4 Å². The number of rotatable bonds is 3. The summed E-state index contributed by atoms with van der Waals surface area (Å²) in [4.78, 5) is 19.5. The Morgan fingerprint density at radius 3 is 2.54 bits per heavy atom. The van der Waals surface area contributed by atoms with Crippen molar-refractivity contribution in [3.8, 4) is 0 Å². The van der Waals surface area contributed by atoms with E-state index in [0.717, 1.165) is 0 Å². The molecule has 0 aromatic heterocycles. The number of nitrogens with zero attached hydrogens (tertiary/aromatic N) is 2. The maximum atomic E-state index is 10.9. The van der Waals surface area contributed by atoms with Gasteiger partial charge in [0.05, 0.1) is 15.8 Å². The first kappa shape index (κ1) is 9.51. The smallest absolute Gasteiger partial charge is 0.230 e. The Hall–Kier alpha value is -1.58.